The van der Waals surface area contributed by atoms with Crippen molar-refractivity contribution in [3.05, 3.63) is 67.1 Å². The summed E-state index contributed by atoms with van der Waals surface area (Å²) in [6.07, 6.45) is 5.18. The normalized spacial score (nSPS) is 10.7. The van der Waals surface area contributed by atoms with Crippen LogP contribution < -0.4 is 11.5 Å². The van der Waals surface area contributed by atoms with Gasteiger partial charge in [0.25, 0.3) is 0 Å². The fraction of sp³-hybridized carbons (Fsp3) is 0. The molecular formula is C19H16N6. The Morgan fingerprint density at radius 3 is 2.32 bits per heavy atom. The summed E-state index contributed by atoms with van der Waals surface area (Å²) in [5.41, 5.74) is 16.5. The number of aromatic nitrogens is 4. The maximum absolute atomic E-state index is 5.93. The van der Waals surface area contributed by atoms with Crippen LogP contribution in [-0.4, -0.2) is 19.9 Å². The zero-order valence-corrected chi connectivity index (χ0v) is 13.3. The van der Waals surface area contributed by atoms with Crippen molar-refractivity contribution in [1.29, 1.82) is 0 Å². The molecule has 0 aliphatic rings. The summed E-state index contributed by atoms with van der Waals surface area (Å²) in [6.45, 7) is 0. The highest BCUT2D eigenvalue weighted by molar-refractivity contribution is 5.82. The Kier molecular flexibility index (Phi) is 3.63. The van der Waals surface area contributed by atoms with E-state index in [2.05, 4.69) is 15.0 Å². The summed E-state index contributed by atoms with van der Waals surface area (Å²) < 4.78 is 0. The number of nitrogens with zero attached hydrogens (tertiary/aromatic N) is 3. The first-order valence-electron chi connectivity index (χ1n) is 7.79. The van der Waals surface area contributed by atoms with Crippen LogP contribution >= 0.6 is 0 Å². The Morgan fingerprint density at radius 1 is 0.840 bits per heavy atom. The van der Waals surface area contributed by atoms with Crippen LogP contribution in [0.25, 0.3) is 33.9 Å². The van der Waals surface area contributed by atoms with Crippen LogP contribution in [0.2, 0.25) is 0 Å². The topological polar surface area (TPSA) is 106 Å². The average Bonchev–Trinajstić information content (AvgIpc) is 3.11. The maximum atomic E-state index is 5.93. The Morgan fingerprint density at radius 2 is 1.60 bits per heavy atom. The van der Waals surface area contributed by atoms with Gasteiger partial charge in [0, 0.05) is 35.3 Å². The molecule has 0 aliphatic heterocycles. The number of aromatic amines is 1. The lowest BCUT2D eigenvalue weighted by atomic mass is 10.1. The molecule has 0 aliphatic carbocycles. The molecule has 0 radical (unpaired) electrons. The highest BCUT2D eigenvalue weighted by Gasteiger charge is 2.16. The van der Waals surface area contributed by atoms with Crippen LogP contribution in [-0.2, 0) is 0 Å². The number of nitrogens with one attached hydrogen (secondary N) is 1. The van der Waals surface area contributed by atoms with Gasteiger partial charge in [0.2, 0.25) is 0 Å². The van der Waals surface area contributed by atoms with Gasteiger partial charge in [-0.3, -0.25) is 4.98 Å². The van der Waals surface area contributed by atoms with Gasteiger partial charge in [-0.1, -0.05) is 30.3 Å². The number of pyridine rings is 2. The Hall–Kier alpha value is -3.67. The molecule has 0 bridgehead atoms. The van der Waals surface area contributed by atoms with Gasteiger partial charge >= 0.3 is 0 Å². The standard InChI is InChI=1S/C19H16N6/c20-15-10-14(11-23-18(15)21)17-16(12-6-8-22-9-7-12)24-19(25-17)13-4-2-1-3-5-13/h1-11H,20H2,(H2,21,23)(H,24,25). The maximum Gasteiger partial charge on any atom is 0.146 e. The van der Waals surface area contributed by atoms with Gasteiger partial charge in [0.15, 0.2) is 0 Å². The molecule has 0 unspecified atom stereocenters. The summed E-state index contributed by atoms with van der Waals surface area (Å²) in [7, 11) is 0. The number of hydrogen-bond acceptors (Lipinski definition) is 5. The second kappa shape index (κ2) is 6.09. The van der Waals surface area contributed by atoms with E-state index >= 15 is 0 Å². The van der Waals surface area contributed by atoms with Crippen LogP contribution in [0.4, 0.5) is 11.5 Å². The minimum absolute atomic E-state index is 0.317. The van der Waals surface area contributed by atoms with E-state index in [1.165, 1.54) is 0 Å². The predicted molar refractivity (Wildman–Crippen MR) is 99.3 cm³/mol. The number of nitrogens with two attached hydrogens (primary N) is 2. The summed E-state index contributed by atoms with van der Waals surface area (Å²) in [4.78, 5) is 16.4. The van der Waals surface area contributed by atoms with E-state index in [0.29, 0.717) is 11.5 Å². The van der Waals surface area contributed by atoms with Crippen molar-refractivity contribution >= 4 is 11.5 Å². The lowest BCUT2D eigenvalue weighted by Crippen LogP contribution is -1.98. The monoisotopic (exact) mass is 328 g/mol. The third-order valence-electron chi connectivity index (χ3n) is 3.94. The zero-order valence-electron chi connectivity index (χ0n) is 13.3. The third-order valence-corrected chi connectivity index (χ3v) is 3.94. The van der Waals surface area contributed by atoms with Crippen LogP contribution in [0.3, 0.4) is 0 Å². The fourth-order valence-electron chi connectivity index (χ4n) is 2.66. The van der Waals surface area contributed by atoms with E-state index in [4.69, 9.17) is 16.5 Å². The number of H-pyrrole nitrogens is 1. The molecule has 3 aromatic heterocycles. The minimum atomic E-state index is 0.317. The van der Waals surface area contributed by atoms with Crippen LogP contribution in [0, 0.1) is 0 Å². The van der Waals surface area contributed by atoms with Gasteiger partial charge in [-0.2, -0.15) is 0 Å². The Labute approximate surface area is 144 Å². The first kappa shape index (κ1) is 14.9. The molecule has 3 heterocycles. The molecule has 122 valence electrons. The molecule has 4 aromatic rings. The SMILES string of the molecule is Nc1cc(-c2[nH]c(-c3ccccc3)nc2-c2ccncc2)cnc1N. The molecule has 4 rings (SSSR count). The van der Waals surface area contributed by atoms with Crippen molar-refractivity contribution in [2.75, 3.05) is 11.5 Å². The van der Waals surface area contributed by atoms with Crippen LogP contribution in [0.1, 0.15) is 0 Å². The van der Waals surface area contributed by atoms with E-state index in [0.717, 1.165) is 33.9 Å². The van der Waals surface area contributed by atoms with Gasteiger partial charge in [-0.25, -0.2) is 9.97 Å². The van der Waals surface area contributed by atoms with E-state index in [1.54, 1.807) is 24.7 Å². The van der Waals surface area contributed by atoms with E-state index in [1.807, 2.05) is 42.5 Å². The molecule has 0 atom stereocenters. The second-order valence-corrected chi connectivity index (χ2v) is 5.61. The zero-order chi connectivity index (χ0) is 17.2. The van der Waals surface area contributed by atoms with Gasteiger partial charge < -0.3 is 16.5 Å². The molecule has 5 N–H and O–H groups in total. The lowest BCUT2D eigenvalue weighted by molar-refractivity contribution is 1.29. The van der Waals surface area contributed by atoms with Crippen molar-refractivity contribution in [3.63, 3.8) is 0 Å². The van der Waals surface area contributed by atoms with Crippen LogP contribution in [0.15, 0.2) is 67.1 Å². The number of imidazole rings is 1. The van der Waals surface area contributed by atoms with Crippen molar-refractivity contribution in [2.45, 2.75) is 0 Å². The van der Waals surface area contributed by atoms with Crippen molar-refractivity contribution < 1.29 is 0 Å². The number of hydrogen-bond donors (Lipinski definition) is 3. The summed E-state index contributed by atoms with van der Waals surface area (Å²) in [6, 6.07) is 15.6. The molecule has 0 spiro atoms. The van der Waals surface area contributed by atoms with E-state index in [9.17, 15) is 0 Å². The van der Waals surface area contributed by atoms with Gasteiger partial charge in [0.1, 0.15) is 11.6 Å². The molecule has 0 fully saturated rings. The highest BCUT2D eigenvalue weighted by atomic mass is 14.9. The molecule has 25 heavy (non-hydrogen) atoms. The second-order valence-electron chi connectivity index (χ2n) is 5.61. The smallest absolute Gasteiger partial charge is 0.146 e. The molecule has 0 saturated heterocycles. The molecule has 6 heteroatoms. The number of anilines is 2. The minimum Gasteiger partial charge on any atom is -0.396 e. The van der Waals surface area contributed by atoms with Crippen molar-refractivity contribution in [3.8, 4) is 33.9 Å². The molecule has 1 aromatic carbocycles. The van der Waals surface area contributed by atoms with E-state index in [-0.39, 0.29) is 0 Å². The number of nitrogen functional groups attached to an aromatic ring is 2. The molecule has 0 saturated carbocycles. The van der Waals surface area contributed by atoms with Crippen LogP contribution in [0.5, 0.6) is 0 Å². The van der Waals surface area contributed by atoms with Gasteiger partial charge in [0.05, 0.1) is 17.1 Å². The Bertz CT molecular complexity index is 1010. The summed E-state index contributed by atoms with van der Waals surface area (Å²) in [5.74, 6) is 1.09. The first-order chi connectivity index (χ1) is 12.2. The predicted octanol–water partition coefficient (Wildman–Crippen LogP) is 3.37. The average molecular weight is 328 g/mol. The molecule has 6 nitrogen and oxygen atoms in total. The Balaban J connectivity index is 1.92. The molecule has 0 amide bonds. The van der Waals surface area contributed by atoms with E-state index < -0.39 is 0 Å². The first-order valence-corrected chi connectivity index (χ1v) is 7.79. The van der Waals surface area contributed by atoms with Gasteiger partial charge in [-0.15, -0.1) is 0 Å². The third kappa shape index (κ3) is 2.81. The van der Waals surface area contributed by atoms with Crippen molar-refractivity contribution in [2.24, 2.45) is 0 Å². The number of rotatable bonds is 3. The van der Waals surface area contributed by atoms with Crippen molar-refractivity contribution in [1.82, 2.24) is 19.9 Å². The summed E-state index contributed by atoms with van der Waals surface area (Å²) >= 11 is 0. The lowest BCUT2D eigenvalue weighted by Gasteiger charge is -2.05. The fourth-order valence-corrected chi connectivity index (χ4v) is 2.66. The summed E-state index contributed by atoms with van der Waals surface area (Å²) in [5, 5.41) is 0. The quantitative estimate of drug-likeness (QED) is 0.534. The largest absolute Gasteiger partial charge is 0.396 e. The number of benzene rings is 1. The van der Waals surface area contributed by atoms with Gasteiger partial charge in [-0.05, 0) is 18.2 Å². The highest BCUT2D eigenvalue weighted by Crippen LogP contribution is 2.33. The molecular weight excluding hydrogens is 312 g/mol.